The van der Waals surface area contributed by atoms with Crippen LogP contribution >= 0.6 is 0 Å². The van der Waals surface area contributed by atoms with Crippen molar-refractivity contribution in [1.29, 1.82) is 0 Å². The first-order valence-electron chi connectivity index (χ1n) is 11.6. The van der Waals surface area contributed by atoms with Gasteiger partial charge < -0.3 is 14.6 Å². The normalized spacial score (nSPS) is 11.7. The standard InChI is InChI=1S/C26H25N9O/c1-16-14-35(15-29-16)26-19-11-23(30-21(19)6-7-28-26)25-24-22(32-33-25)5-4-20(31-24)17-10-18(13-27-12-17)36-9-8-34(2)3/h4-7,10-15,30H,8-9H2,1-3H3,(H,32,33). The molecule has 0 saturated carbocycles. The van der Waals surface area contributed by atoms with Crippen molar-refractivity contribution in [2.45, 2.75) is 6.92 Å². The maximum Gasteiger partial charge on any atom is 0.147 e. The molecule has 0 amide bonds. The Bertz CT molecular complexity index is 1680. The monoisotopic (exact) mass is 479 g/mol. The van der Waals surface area contributed by atoms with E-state index in [-0.39, 0.29) is 0 Å². The largest absolute Gasteiger partial charge is 0.491 e. The fourth-order valence-electron chi connectivity index (χ4n) is 4.14. The molecule has 0 aliphatic rings. The van der Waals surface area contributed by atoms with Crippen LogP contribution in [0.4, 0.5) is 0 Å². The Morgan fingerprint density at radius 3 is 2.81 bits per heavy atom. The Morgan fingerprint density at radius 1 is 1.06 bits per heavy atom. The molecule has 6 aromatic heterocycles. The maximum atomic E-state index is 5.86. The molecular weight excluding hydrogens is 454 g/mol. The lowest BCUT2D eigenvalue weighted by Gasteiger charge is -2.11. The predicted octanol–water partition coefficient (Wildman–Crippen LogP) is 4.00. The van der Waals surface area contributed by atoms with Gasteiger partial charge in [0, 0.05) is 36.1 Å². The number of nitrogens with one attached hydrogen (secondary N) is 2. The highest BCUT2D eigenvalue weighted by atomic mass is 16.5. The van der Waals surface area contributed by atoms with Gasteiger partial charge in [0.2, 0.25) is 0 Å². The SMILES string of the molecule is Cc1cn(-c2nccc3[nH]c(-c4n[nH]c5ccc(-c6cncc(OCCN(C)C)c6)nc45)cc23)cn1. The number of hydrogen-bond acceptors (Lipinski definition) is 7. The Morgan fingerprint density at radius 2 is 1.97 bits per heavy atom. The van der Waals surface area contributed by atoms with Crippen LogP contribution in [-0.2, 0) is 0 Å². The van der Waals surface area contributed by atoms with Crippen LogP contribution in [0.3, 0.4) is 0 Å². The Balaban J connectivity index is 1.37. The van der Waals surface area contributed by atoms with E-state index in [1.165, 1.54) is 0 Å². The molecule has 10 nitrogen and oxygen atoms in total. The van der Waals surface area contributed by atoms with Gasteiger partial charge in [-0.15, -0.1) is 0 Å². The molecule has 0 bridgehead atoms. The van der Waals surface area contributed by atoms with Crippen molar-refractivity contribution in [2.24, 2.45) is 0 Å². The van der Waals surface area contributed by atoms with Crippen molar-refractivity contribution in [3.05, 3.63) is 67.1 Å². The molecular formula is C26H25N9O. The molecule has 10 heteroatoms. The lowest BCUT2D eigenvalue weighted by atomic mass is 10.1. The van der Waals surface area contributed by atoms with Gasteiger partial charge in [-0.1, -0.05) is 0 Å². The van der Waals surface area contributed by atoms with Crippen molar-refractivity contribution in [1.82, 2.24) is 44.6 Å². The zero-order valence-electron chi connectivity index (χ0n) is 20.2. The molecule has 6 aromatic rings. The van der Waals surface area contributed by atoms with Crippen LogP contribution in [0.2, 0.25) is 0 Å². The van der Waals surface area contributed by atoms with Crippen LogP contribution < -0.4 is 4.74 Å². The zero-order valence-corrected chi connectivity index (χ0v) is 20.2. The van der Waals surface area contributed by atoms with Crippen LogP contribution in [0.1, 0.15) is 5.69 Å². The summed E-state index contributed by atoms with van der Waals surface area (Å²) in [7, 11) is 4.03. The highest BCUT2D eigenvalue weighted by molar-refractivity contribution is 5.96. The summed E-state index contributed by atoms with van der Waals surface area (Å²) < 4.78 is 7.79. The quantitative estimate of drug-likeness (QED) is 0.356. The highest BCUT2D eigenvalue weighted by Crippen LogP contribution is 2.31. The molecule has 36 heavy (non-hydrogen) atoms. The molecule has 0 atom stereocenters. The van der Waals surface area contributed by atoms with E-state index in [0.29, 0.717) is 12.4 Å². The molecule has 0 spiro atoms. The number of aromatic nitrogens is 8. The van der Waals surface area contributed by atoms with Crippen LogP contribution in [0, 0.1) is 6.92 Å². The molecule has 0 saturated heterocycles. The van der Waals surface area contributed by atoms with Gasteiger partial charge in [-0.2, -0.15) is 5.10 Å². The summed E-state index contributed by atoms with van der Waals surface area (Å²) >= 11 is 0. The lowest BCUT2D eigenvalue weighted by molar-refractivity contribution is 0.261. The smallest absolute Gasteiger partial charge is 0.147 e. The minimum atomic E-state index is 0.590. The van der Waals surface area contributed by atoms with Crippen molar-refractivity contribution >= 4 is 21.9 Å². The predicted molar refractivity (Wildman–Crippen MR) is 138 cm³/mol. The summed E-state index contributed by atoms with van der Waals surface area (Å²) in [5.41, 5.74) is 6.77. The van der Waals surface area contributed by atoms with E-state index in [2.05, 4.69) is 41.1 Å². The average molecular weight is 480 g/mol. The summed E-state index contributed by atoms with van der Waals surface area (Å²) in [6, 6.07) is 9.91. The third-order valence-corrected chi connectivity index (χ3v) is 5.96. The van der Waals surface area contributed by atoms with E-state index in [1.807, 2.05) is 56.0 Å². The topological polar surface area (TPSA) is 113 Å². The first-order valence-corrected chi connectivity index (χ1v) is 11.6. The summed E-state index contributed by atoms with van der Waals surface area (Å²) in [6.07, 6.45) is 9.03. The second-order valence-electron chi connectivity index (χ2n) is 8.93. The van der Waals surface area contributed by atoms with E-state index >= 15 is 0 Å². The molecule has 6 heterocycles. The zero-order chi connectivity index (χ0) is 24.6. The fourth-order valence-corrected chi connectivity index (χ4v) is 4.14. The third kappa shape index (κ3) is 4.07. The van der Waals surface area contributed by atoms with Gasteiger partial charge in [0.05, 0.1) is 34.3 Å². The Hall–Kier alpha value is -4.57. The lowest BCUT2D eigenvalue weighted by Crippen LogP contribution is -2.19. The molecule has 0 aliphatic heterocycles. The summed E-state index contributed by atoms with van der Waals surface area (Å²) in [4.78, 5) is 23.8. The molecule has 6 rings (SSSR count). The number of aromatic amines is 2. The number of pyridine rings is 3. The molecule has 0 aromatic carbocycles. The minimum Gasteiger partial charge on any atom is -0.491 e. The average Bonchev–Trinajstić information content (AvgIpc) is 3.61. The molecule has 0 fully saturated rings. The number of rotatable bonds is 7. The fraction of sp³-hybridized carbons (Fsp3) is 0.192. The first-order chi connectivity index (χ1) is 17.5. The number of fused-ring (bicyclic) bond motifs is 2. The van der Waals surface area contributed by atoms with Gasteiger partial charge in [0.1, 0.15) is 35.7 Å². The van der Waals surface area contributed by atoms with E-state index in [4.69, 9.17) is 9.72 Å². The number of ether oxygens (including phenoxy) is 1. The number of aryl methyl sites for hydroxylation is 1. The van der Waals surface area contributed by atoms with E-state index in [0.717, 1.165) is 62.6 Å². The van der Waals surface area contributed by atoms with Crippen molar-refractivity contribution in [3.8, 4) is 34.2 Å². The molecule has 0 radical (unpaired) electrons. The van der Waals surface area contributed by atoms with Crippen molar-refractivity contribution in [2.75, 3.05) is 27.2 Å². The molecule has 2 N–H and O–H groups in total. The number of H-pyrrole nitrogens is 2. The van der Waals surface area contributed by atoms with Gasteiger partial charge in [0.15, 0.2) is 0 Å². The van der Waals surface area contributed by atoms with Gasteiger partial charge >= 0.3 is 0 Å². The van der Waals surface area contributed by atoms with E-state index < -0.39 is 0 Å². The molecule has 180 valence electrons. The van der Waals surface area contributed by atoms with Gasteiger partial charge in [0.25, 0.3) is 0 Å². The maximum absolute atomic E-state index is 5.86. The van der Waals surface area contributed by atoms with Gasteiger partial charge in [-0.3, -0.25) is 14.6 Å². The number of likely N-dealkylation sites (N-methyl/N-ethyl adjacent to an activating group) is 1. The summed E-state index contributed by atoms with van der Waals surface area (Å²) in [5.74, 6) is 1.52. The number of nitrogens with zero attached hydrogens (tertiary/aromatic N) is 7. The first kappa shape index (κ1) is 21.9. The van der Waals surface area contributed by atoms with E-state index in [9.17, 15) is 0 Å². The van der Waals surface area contributed by atoms with Crippen LogP contribution in [0.25, 0.3) is 50.4 Å². The summed E-state index contributed by atoms with van der Waals surface area (Å²) in [5, 5.41) is 8.65. The molecule has 0 unspecified atom stereocenters. The van der Waals surface area contributed by atoms with Gasteiger partial charge in [-0.25, -0.2) is 15.0 Å². The third-order valence-electron chi connectivity index (χ3n) is 5.96. The second kappa shape index (κ2) is 8.90. The van der Waals surface area contributed by atoms with Crippen LogP contribution in [0.15, 0.2) is 61.4 Å². The Kier molecular flexibility index (Phi) is 5.42. The summed E-state index contributed by atoms with van der Waals surface area (Å²) in [6.45, 7) is 3.38. The van der Waals surface area contributed by atoms with Gasteiger partial charge in [-0.05, 0) is 51.4 Å². The van der Waals surface area contributed by atoms with E-state index in [1.54, 1.807) is 24.9 Å². The highest BCUT2D eigenvalue weighted by Gasteiger charge is 2.16. The van der Waals surface area contributed by atoms with Crippen LogP contribution in [0.5, 0.6) is 5.75 Å². The minimum absolute atomic E-state index is 0.590. The number of imidazole rings is 1. The second-order valence-corrected chi connectivity index (χ2v) is 8.93. The van der Waals surface area contributed by atoms with Crippen LogP contribution in [-0.4, -0.2) is 71.8 Å². The molecule has 0 aliphatic carbocycles. The Labute approximate surface area is 207 Å². The number of hydrogen-bond donors (Lipinski definition) is 2. The van der Waals surface area contributed by atoms with Crippen molar-refractivity contribution < 1.29 is 4.74 Å². The van der Waals surface area contributed by atoms with Crippen molar-refractivity contribution in [3.63, 3.8) is 0 Å².